The maximum Gasteiger partial charge on any atom is 0.197 e. The van der Waals surface area contributed by atoms with Crippen LogP contribution in [0.5, 0.6) is 11.5 Å². The van der Waals surface area contributed by atoms with Crippen molar-refractivity contribution in [3.05, 3.63) is 23.8 Å². The first-order valence-corrected chi connectivity index (χ1v) is 4.56. The summed E-state index contributed by atoms with van der Waals surface area (Å²) in [6, 6.07) is 5.27. The standard InChI is InChI=1S/C10H10N4O2/c1-15-7-4-3-6(5-8(7)16-2)9-10(11)13-14-12-9/h3-5,11H,1-2H3. The number of benzene rings is 1. The van der Waals surface area contributed by atoms with Gasteiger partial charge in [-0.05, 0) is 23.4 Å². The van der Waals surface area contributed by atoms with Crippen LogP contribution in [0, 0.1) is 5.41 Å². The van der Waals surface area contributed by atoms with Crippen molar-refractivity contribution < 1.29 is 9.47 Å². The lowest BCUT2D eigenvalue weighted by atomic mass is 10.1. The average Bonchev–Trinajstić information content (AvgIpc) is 2.74. The molecular weight excluding hydrogens is 208 g/mol. The minimum Gasteiger partial charge on any atom is -0.493 e. The van der Waals surface area contributed by atoms with Crippen molar-refractivity contribution in [2.75, 3.05) is 14.2 Å². The molecule has 2 rings (SSSR count). The molecule has 1 aromatic carbocycles. The number of nitrogens with zero attached hydrogens (tertiary/aromatic N) is 3. The highest BCUT2D eigenvalue weighted by molar-refractivity contribution is 6.47. The van der Waals surface area contributed by atoms with E-state index >= 15 is 0 Å². The molecule has 0 saturated carbocycles. The predicted octanol–water partition coefficient (Wildman–Crippen LogP) is 1.85. The highest BCUT2D eigenvalue weighted by Gasteiger charge is 2.16. The second kappa shape index (κ2) is 4.09. The van der Waals surface area contributed by atoms with E-state index < -0.39 is 0 Å². The number of rotatable bonds is 3. The van der Waals surface area contributed by atoms with E-state index in [-0.39, 0.29) is 5.84 Å². The summed E-state index contributed by atoms with van der Waals surface area (Å²) >= 11 is 0. The quantitative estimate of drug-likeness (QED) is 0.840. The van der Waals surface area contributed by atoms with Crippen molar-refractivity contribution in [2.24, 2.45) is 15.4 Å². The van der Waals surface area contributed by atoms with E-state index in [1.165, 1.54) is 0 Å². The molecule has 82 valence electrons. The molecule has 6 heteroatoms. The number of methoxy groups -OCH3 is 2. The largest absolute Gasteiger partial charge is 0.493 e. The Morgan fingerprint density at radius 1 is 1.12 bits per heavy atom. The van der Waals surface area contributed by atoms with E-state index in [4.69, 9.17) is 14.9 Å². The van der Waals surface area contributed by atoms with E-state index in [0.717, 1.165) is 5.56 Å². The summed E-state index contributed by atoms with van der Waals surface area (Å²) in [5, 5.41) is 18.2. The molecule has 0 amide bonds. The molecule has 0 saturated heterocycles. The van der Waals surface area contributed by atoms with E-state index in [9.17, 15) is 0 Å². The van der Waals surface area contributed by atoms with Crippen LogP contribution in [0.25, 0.3) is 0 Å². The molecule has 0 aromatic heterocycles. The van der Waals surface area contributed by atoms with E-state index in [2.05, 4.69) is 15.4 Å². The first-order valence-electron chi connectivity index (χ1n) is 4.56. The van der Waals surface area contributed by atoms with Gasteiger partial charge in [-0.1, -0.05) is 0 Å². The SMILES string of the molecule is COc1ccc(C2=NN=NC2=N)cc1OC. The first kappa shape index (κ1) is 10.3. The van der Waals surface area contributed by atoms with Gasteiger partial charge >= 0.3 is 0 Å². The van der Waals surface area contributed by atoms with Crippen LogP contribution in [-0.4, -0.2) is 25.8 Å². The molecule has 0 bridgehead atoms. The van der Waals surface area contributed by atoms with Gasteiger partial charge in [-0.3, -0.25) is 5.41 Å². The number of ether oxygens (including phenoxy) is 2. The maximum absolute atomic E-state index is 7.51. The molecule has 0 unspecified atom stereocenters. The lowest BCUT2D eigenvalue weighted by Crippen LogP contribution is -2.08. The highest BCUT2D eigenvalue weighted by Crippen LogP contribution is 2.28. The average molecular weight is 218 g/mol. The highest BCUT2D eigenvalue weighted by atomic mass is 16.5. The number of hydrogen-bond donors (Lipinski definition) is 1. The number of nitrogens with one attached hydrogen (secondary N) is 1. The second-order valence-corrected chi connectivity index (χ2v) is 3.06. The molecule has 0 fully saturated rings. The van der Waals surface area contributed by atoms with Crippen LogP contribution in [-0.2, 0) is 0 Å². The minimum atomic E-state index is 0.0484. The zero-order valence-electron chi connectivity index (χ0n) is 8.89. The normalized spacial score (nSPS) is 13.9. The Balaban J connectivity index is 2.41. The Bertz CT molecular complexity index is 494. The van der Waals surface area contributed by atoms with Crippen LogP contribution >= 0.6 is 0 Å². The van der Waals surface area contributed by atoms with Gasteiger partial charge in [0.05, 0.1) is 14.2 Å². The van der Waals surface area contributed by atoms with Crippen LogP contribution in [0.3, 0.4) is 0 Å². The molecule has 1 aromatic rings. The summed E-state index contributed by atoms with van der Waals surface area (Å²) in [6.07, 6.45) is 0. The third-order valence-electron chi connectivity index (χ3n) is 2.17. The molecule has 16 heavy (non-hydrogen) atoms. The van der Waals surface area contributed by atoms with Crippen LogP contribution in [0.4, 0.5) is 0 Å². The van der Waals surface area contributed by atoms with Gasteiger partial charge < -0.3 is 9.47 Å². The molecule has 1 N–H and O–H groups in total. The fourth-order valence-electron chi connectivity index (χ4n) is 1.38. The van der Waals surface area contributed by atoms with Gasteiger partial charge in [0.2, 0.25) is 0 Å². The first-order chi connectivity index (χ1) is 7.76. The Labute approximate surface area is 92.1 Å². The Morgan fingerprint density at radius 2 is 1.88 bits per heavy atom. The van der Waals surface area contributed by atoms with Crippen molar-refractivity contribution in [3.63, 3.8) is 0 Å². The summed E-state index contributed by atoms with van der Waals surface area (Å²) in [7, 11) is 3.12. The lowest BCUT2D eigenvalue weighted by Gasteiger charge is -2.08. The molecule has 0 atom stereocenters. The molecule has 1 aliphatic rings. The number of amidine groups is 1. The van der Waals surface area contributed by atoms with Crippen LogP contribution in [0.1, 0.15) is 5.56 Å². The Morgan fingerprint density at radius 3 is 2.44 bits per heavy atom. The predicted molar refractivity (Wildman–Crippen MR) is 58.7 cm³/mol. The zero-order chi connectivity index (χ0) is 11.5. The summed E-state index contributed by atoms with van der Waals surface area (Å²) in [5.41, 5.74) is 1.16. The molecule has 6 nitrogen and oxygen atoms in total. The zero-order valence-corrected chi connectivity index (χ0v) is 8.89. The fourth-order valence-corrected chi connectivity index (χ4v) is 1.38. The van der Waals surface area contributed by atoms with E-state index in [1.807, 2.05) is 0 Å². The van der Waals surface area contributed by atoms with Crippen LogP contribution in [0.2, 0.25) is 0 Å². The summed E-state index contributed by atoms with van der Waals surface area (Å²) < 4.78 is 10.3. The summed E-state index contributed by atoms with van der Waals surface area (Å²) in [6.45, 7) is 0. The molecule has 0 aliphatic carbocycles. The monoisotopic (exact) mass is 218 g/mol. The molecule has 1 heterocycles. The van der Waals surface area contributed by atoms with Crippen molar-refractivity contribution in [3.8, 4) is 11.5 Å². The van der Waals surface area contributed by atoms with Gasteiger partial charge in [0.1, 0.15) is 5.71 Å². The maximum atomic E-state index is 7.51. The van der Waals surface area contributed by atoms with Crippen LogP contribution < -0.4 is 9.47 Å². The molecule has 0 spiro atoms. The van der Waals surface area contributed by atoms with Gasteiger partial charge in [-0.2, -0.15) is 0 Å². The summed E-state index contributed by atoms with van der Waals surface area (Å²) in [5.74, 6) is 1.26. The molecular formula is C10H10N4O2. The molecule has 1 aliphatic heterocycles. The van der Waals surface area contributed by atoms with Gasteiger partial charge in [-0.25, -0.2) is 0 Å². The topological polar surface area (TPSA) is 79.4 Å². The van der Waals surface area contributed by atoms with Gasteiger partial charge in [0.15, 0.2) is 17.3 Å². The third kappa shape index (κ3) is 1.65. The fraction of sp³-hybridized carbons (Fsp3) is 0.200. The Kier molecular flexibility index (Phi) is 2.63. The van der Waals surface area contributed by atoms with Gasteiger partial charge in [0, 0.05) is 5.56 Å². The Hall–Kier alpha value is -2.24. The minimum absolute atomic E-state index is 0.0484. The van der Waals surface area contributed by atoms with Gasteiger partial charge in [-0.15, -0.1) is 10.2 Å². The number of hydrogen-bond acceptors (Lipinski definition) is 5. The molecule has 0 radical (unpaired) electrons. The summed E-state index contributed by atoms with van der Waals surface area (Å²) in [4.78, 5) is 0. The second-order valence-electron chi connectivity index (χ2n) is 3.06. The van der Waals surface area contributed by atoms with E-state index in [0.29, 0.717) is 17.2 Å². The van der Waals surface area contributed by atoms with Crippen molar-refractivity contribution in [1.82, 2.24) is 0 Å². The van der Waals surface area contributed by atoms with Crippen LogP contribution in [0.15, 0.2) is 33.6 Å². The van der Waals surface area contributed by atoms with Crippen molar-refractivity contribution in [1.29, 1.82) is 5.41 Å². The smallest absolute Gasteiger partial charge is 0.197 e. The third-order valence-corrected chi connectivity index (χ3v) is 2.17. The van der Waals surface area contributed by atoms with Gasteiger partial charge in [0.25, 0.3) is 0 Å². The van der Waals surface area contributed by atoms with E-state index in [1.54, 1.807) is 32.4 Å². The lowest BCUT2D eigenvalue weighted by molar-refractivity contribution is 0.355. The van der Waals surface area contributed by atoms with Crippen molar-refractivity contribution >= 4 is 11.5 Å². The van der Waals surface area contributed by atoms with Crippen molar-refractivity contribution in [2.45, 2.75) is 0 Å².